The number of rotatable bonds is 2. The van der Waals surface area contributed by atoms with Crippen LogP contribution in [0.25, 0.3) is 0 Å². The number of nitrogens with zero attached hydrogens (tertiary/aromatic N) is 1. The van der Waals surface area contributed by atoms with Gasteiger partial charge in [-0.05, 0) is 31.2 Å². The van der Waals surface area contributed by atoms with Crippen molar-refractivity contribution < 1.29 is 0 Å². The number of aryl methyl sites for hydroxylation is 2. The number of thioether (sulfide) groups is 1. The molecular weight excluding hydrogens is 403 g/mol. The second-order valence-electron chi connectivity index (χ2n) is 5.53. The van der Waals surface area contributed by atoms with E-state index in [1.807, 2.05) is 0 Å². The lowest BCUT2D eigenvalue weighted by Crippen LogP contribution is -2.22. The molecule has 2 nitrogen and oxygen atoms in total. The van der Waals surface area contributed by atoms with Gasteiger partial charge in [-0.2, -0.15) is 0 Å². The van der Waals surface area contributed by atoms with Crippen LogP contribution in [-0.4, -0.2) is 11.4 Å². The Morgan fingerprint density at radius 3 is 1.86 bits per heavy atom. The third-order valence-electron chi connectivity index (χ3n) is 3.90. The molecule has 2 unspecified atom stereocenters. The summed E-state index contributed by atoms with van der Waals surface area (Å²) in [5.41, 5.74) is 5.13. The number of aliphatic imine (C=N–C) groups is 1. The minimum atomic E-state index is 0. The first-order valence-corrected chi connectivity index (χ1v) is 8.41. The van der Waals surface area contributed by atoms with E-state index >= 15 is 0 Å². The lowest BCUT2D eigenvalue weighted by Gasteiger charge is -2.20. The number of amidine groups is 1. The Labute approximate surface area is 153 Å². The highest BCUT2D eigenvalue weighted by Crippen LogP contribution is 2.37. The van der Waals surface area contributed by atoms with Crippen LogP contribution in [0.2, 0.25) is 0 Å². The molecule has 0 spiro atoms. The van der Waals surface area contributed by atoms with Crippen molar-refractivity contribution in [3.05, 3.63) is 70.8 Å². The van der Waals surface area contributed by atoms with Crippen LogP contribution in [0.1, 0.15) is 34.3 Å². The average molecular weight is 424 g/mol. The predicted molar refractivity (Wildman–Crippen MR) is 107 cm³/mol. The van der Waals surface area contributed by atoms with Crippen molar-refractivity contribution in [2.45, 2.75) is 25.9 Å². The minimum absolute atomic E-state index is 0. The van der Waals surface area contributed by atoms with Crippen molar-refractivity contribution in [3.63, 3.8) is 0 Å². The molecule has 2 aromatic rings. The highest BCUT2D eigenvalue weighted by Gasteiger charge is 2.30. The maximum absolute atomic E-state index is 4.86. The first-order valence-electron chi connectivity index (χ1n) is 7.19. The van der Waals surface area contributed by atoms with Crippen LogP contribution < -0.4 is 5.32 Å². The molecule has 2 atom stereocenters. The number of nitrogens with one attached hydrogen (secondary N) is 1. The fraction of sp³-hybridized carbons (Fsp3) is 0.278. The summed E-state index contributed by atoms with van der Waals surface area (Å²) in [5, 5.41) is 4.57. The molecular formula is C18H21IN2S. The van der Waals surface area contributed by atoms with Crippen molar-refractivity contribution >= 4 is 40.9 Å². The molecule has 1 N–H and O–H groups in total. The lowest BCUT2D eigenvalue weighted by atomic mass is 9.94. The largest absolute Gasteiger partial charge is 0.356 e. The van der Waals surface area contributed by atoms with E-state index in [0.29, 0.717) is 0 Å². The monoisotopic (exact) mass is 424 g/mol. The summed E-state index contributed by atoms with van der Waals surface area (Å²) < 4.78 is 0. The van der Waals surface area contributed by atoms with E-state index < -0.39 is 0 Å². The molecule has 22 heavy (non-hydrogen) atoms. The van der Waals surface area contributed by atoms with Gasteiger partial charge in [0.15, 0.2) is 5.17 Å². The highest BCUT2D eigenvalue weighted by molar-refractivity contribution is 14.0. The van der Waals surface area contributed by atoms with Crippen LogP contribution in [0, 0.1) is 13.8 Å². The van der Waals surface area contributed by atoms with Crippen LogP contribution in [0.3, 0.4) is 0 Å². The number of hydrogen-bond acceptors (Lipinski definition) is 3. The average Bonchev–Trinajstić information content (AvgIpc) is 2.93. The molecule has 1 heterocycles. The summed E-state index contributed by atoms with van der Waals surface area (Å²) >= 11 is 1.67. The van der Waals surface area contributed by atoms with Crippen molar-refractivity contribution in [1.29, 1.82) is 0 Å². The van der Waals surface area contributed by atoms with Crippen molar-refractivity contribution in [1.82, 2.24) is 5.32 Å². The molecule has 1 aliphatic rings. The summed E-state index contributed by atoms with van der Waals surface area (Å²) in [6.45, 7) is 4.23. The van der Waals surface area contributed by atoms with Gasteiger partial charge < -0.3 is 5.32 Å². The fourth-order valence-corrected chi connectivity index (χ4v) is 3.10. The topological polar surface area (TPSA) is 24.4 Å². The molecule has 0 amide bonds. The van der Waals surface area contributed by atoms with Crippen LogP contribution in [0.5, 0.6) is 0 Å². The summed E-state index contributed by atoms with van der Waals surface area (Å²) in [6, 6.07) is 17.8. The van der Waals surface area contributed by atoms with Crippen LogP contribution in [0.4, 0.5) is 0 Å². The van der Waals surface area contributed by atoms with E-state index in [1.54, 1.807) is 11.8 Å². The van der Waals surface area contributed by atoms with Gasteiger partial charge in [0.1, 0.15) is 6.04 Å². The highest BCUT2D eigenvalue weighted by atomic mass is 127. The van der Waals surface area contributed by atoms with Gasteiger partial charge in [-0.3, -0.25) is 4.99 Å². The molecule has 4 heteroatoms. The van der Waals surface area contributed by atoms with Gasteiger partial charge in [0.05, 0.1) is 6.04 Å². The van der Waals surface area contributed by atoms with Crippen molar-refractivity contribution in [2.75, 3.05) is 6.26 Å². The first-order chi connectivity index (χ1) is 10.2. The normalized spacial score (nSPS) is 20.0. The van der Waals surface area contributed by atoms with Gasteiger partial charge in [0, 0.05) is 0 Å². The van der Waals surface area contributed by atoms with E-state index in [0.717, 1.165) is 5.17 Å². The third kappa shape index (κ3) is 3.66. The lowest BCUT2D eigenvalue weighted by molar-refractivity contribution is 0.573. The predicted octanol–water partition coefficient (Wildman–Crippen LogP) is 5.03. The fourth-order valence-electron chi connectivity index (χ4n) is 2.63. The Balaban J connectivity index is 0.00000176. The molecule has 0 saturated heterocycles. The summed E-state index contributed by atoms with van der Waals surface area (Å²) in [7, 11) is 0. The maximum atomic E-state index is 4.86. The minimum Gasteiger partial charge on any atom is -0.356 e. The van der Waals surface area contributed by atoms with Gasteiger partial charge in [-0.1, -0.05) is 71.4 Å². The maximum Gasteiger partial charge on any atom is 0.157 e. The van der Waals surface area contributed by atoms with Gasteiger partial charge in [-0.15, -0.1) is 24.0 Å². The third-order valence-corrected chi connectivity index (χ3v) is 4.51. The molecule has 0 bridgehead atoms. The molecule has 116 valence electrons. The zero-order chi connectivity index (χ0) is 14.8. The molecule has 0 aliphatic carbocycles. The van der Waals surface area contributed by atoms with Gasteiger partial charge >= 0.3 is 0 Å². The number of hydrogen-bond donors (Lipinski definition) is 1. The van der Waals surface area contributed by atoms with Gasteiger partial charge in [-0.25, -0.2) is 0 Å². The second kappa shape index (κ2) is 7.51. The second-order valence-corrected chi connectivity index (χ2v) is 6.32. The standard InChI is InChI=1S/C18H20N2S.HI/c1-12-4-8-14(9-5-12)16-17(20-18(19-16)21-3)15-10-6-13(2)7-11-15;/h4-11,16-17H,1-3H3,(H,19,20);1H. The Kier molecular flexibility index (Phi) is 5.92. The van der Waals surface area contributed by atoms with Gasteiger partial charge in [0.2, 0.25) is 0 Å². The quantitative estimate of drug-likeness (QED) is 0.685. The zero-order valence-corrected chi connectivity index (χ0v) is 16.2. The summed E-state index contributed by atoms with van der Waals surface area (Å²) in [5.74, 6) is 0. The molecule has 2 aromatic carbocycles. The van der Waals surface area contributed by atoms with Gasteiger partial charge in [0.25, 0.3) is 0 Å². The van der Waals surface area contributed by atoms with Crippen molar-refractivity contribution in [3.8, 4) is 0 Å². The SMILES string of the molecule is CSC1=NC(c2ccc(C)cc2)C(c2ccc(C)cc2)N1.I. The molecule has 0 radical (unpaired) electrons. The Morgan fingerprint density at radius 1 is 0.864 bits per heavy atom. The number of halogens is 1. The van der Waals surface area contributed by atoms with E-state index in [9.17, 15) is 0 Å². The molecule has 0 fully saturated rings. The van der Waals surface area contributed by atoms with Crippen LogP contribution in [0.15, 0.2) is 53.5 Å². The number of benzene rings is 2. The van der Waals surface area contributed by atoms with E-state index in [-0.39, 0.29) is 36.1 Å². The zero-order valence-electron chi connectivity index (χ0n) is 13.0. The van der Waals surface area contributed by atoms with E-state index in [2.05, 4.69) is 74.0 Å². The van der Waals surface area contributed by atoms with E-state index in [4.69, 9.17) is 4.99 Å². The molecule has 3 rings (SSSR count). The van der Waals surface area contributed by atoms with Crippen molar-refractivity contribution in [2.24, 2.45) is 4.99 Å². The molecule has 1 aliphatic heterocycles. The summed E-state index contributed by atoms with van der Waals surface area (Å²) in [4.78, 5) is 4.86. The Bertz CT molecular complexity index is 650. The Hall–Kier alpha value is -1.01. The summed E-state index contributed by atoms with van der Waals surface area (Å²) in [6.07, 6.45) is 2.07. The van der Waals surface area contributed by atoms with Crippen LogP contribution in [-0.2, 0) is 0 Å². The molecule has 0 aromatic heterocycles. The Morgan fingerprint density at radius 2 is 1.36 bits per heavy atom. The molecule has 0 saturated carbocycles. The first kappa shape index (κ1) is 17.3. The van der Waals surface area contributed by atoms with E-state index in [1.165, 1.54) is 22.3 Å². The smallest absolute Gasteiger partial charge is 0.157 e. The van der Waals surface area contributed by atoms with Crippen LogP contribution >= 0.6 is 35.7 Å².